The minimum absolute atomic E-state index is 0.292. The van der Waals surface area contributed by atoms with Crippen molar-refractivity contribution in [1.29, 1.82) is 0 Å². The Hall–Kier alpha value is -4.48. The first-order valence-electron chi connectivity index (χ1n) is 13.1. The van der Waals surface area contributed by atoms with E-state index in [2.05, 4.69) is 43.2 Å². The molecule has 0 aliphatic carbocycles. The highest BCUT2D eigenvalue weighted by Crippen LogP contribution is 2.39. The summed E-state index contributed by atoms with van der Waals surface area (Å²) >= 11 is 0. The molecule has 2 N–H and O–H groups in total. The molecule has 1 amide bonds. The van der Waals surface area contributed by atoms with Crippen molar-refractivity contribution in [3.05, 3.63) is 61.4 Å². The minimum Gasteiger partial charge on any atom is -0.494 e. The highest BCUT2D eigenvalue weighted by atomic mass is 16.5. The fraction of sp³-hybridized carbons (Fsp3) is 0.310. The van der Waals surface area contributed by atoms with Crippen LogP contribution < -0.4 is 20.3 Å². The van der Waals surface area contributed by atoms with Gasteiger partial charge in [-0.3, -0.25) is 14.4 Å². The number of aromatic nitrogens is 4. The molecule has 4 aromatic rings. The molecule has 0 bridgehead atoms. The Morgan fingerprint density at radius 2 is 1.93 bits per heavy atom. The fourth-order valence-electron chi connectivity index (χ4n) is 4.84. The van der Waals surface area contributed by atoms with Gasteiger partial charge in [0.05, 0.1) is 48.2 Å². The number of anilines is 4. The van der Waals surface area contributed by atoms with Crippen molar-refractivity contribution in [3.63, 3.8) is 0 Å². The Kier molecular flexibility index (Phi) is 8.23. The molecule has 3 heterocycles. The molecule has 1 aliphatic rings. The molecule has 1 saturated heterocycles. The molecule has 11 heteroatoms. The third-order valence-corrected chi connectivity index (χ3v) is 7.03. The second-order valence-corrected chi connectivity index (χ2v) is 9.52. The number of piperazine rings is 1. The summed E-state index contributed by atoms with van der Waals surface area (Å²) in [5.41, 5.74) is 4.93. The van der Waals surface area contributed by atoms with Crippen molar-refractivity contribution in [3.8, 4) is 17.0 Å². The van der Waals surface area contributed by atoms with Crippen molar-refractivity contribution in [2.75, 3.05) is 69.1 Å². The van der Waals surface area contributed by atoms with Crippen molar-refractivity contribution >= 4 is 39.8 Å². The summed E-state index contributed by atoms with van der Waals surface area (Å²) in [7, 11) is 5.26. The van der Waals surface area contributed by atoms with E-state index in [0.717, 1.165) is 60.6 Å². The molecule has 40 heavy (non-hydrogen) atoms. The van der Waals surface area contributed by atoms with Gasteiger partial charge in [0.25, 0.3) is 0 Å². The molecule has 11 nitrogen and oxygen atoms in total. The van der Waals surface area contributed by atoms with Crippen molar-refractivity contribution in [2.24, 2.45) is 7.05 Å². The zero-order chi connectivity index (χ0) is 28.1. The van der Waals surface area contributed by atoms with Gasteiger partial charge in [-0.2, -0.15) is 5.10 Å². The summed E-state index contributed by atoms with van der Waals surface area (Å²) in [6, 6.07) is 11.8. The first kappa shape index (κ1) is 27.1. The van der Waals surface area contributed by atoms with Gasteiger partial charge in [-0.25, -0.2) is 9.97 Å². The maximum Gasteiger partial charge on any atom is 0.247 e. The Labute approximate surface area is 233 Å². The monoisotopic (exact) mass is 542 g/mol. The van der Waals surface area contributed by atoms with Gasteiger partial charge in [0.1, 0.15) is 5.75 Å². The zero-order valence-corrected chi connectivity index (χ0v) is 23.1. The van der Waals surface area contributed by atoms with Crippen LogP contribution in [0, 0.1) is 0 Å². The smallest absolute Gasteiger partial charge is 0.247 e. The van der Waals surface area contributed by atoms with Crippen LogP contribution in [-0.2, 0) is 16.6 Å². The number of amides is 1. The predicted molar refractivity (Wildman–Crippen MR) is 157 cm³/mol. The summed E-state index contributed by atoms with van der Waals surface area (Å²) in [5, 5.41) is 11.6. The molecular weight excluding hydrogens is 508 g/mol. The second-order valence-electron chi connectivity index (χ2n) is 9.52. The van der Waals surface area contributed by atoms with Gasteiger partial charge in [-0.1, -0.05) is 12.6 Å². The molecular formula is C29H34N8O3. The number of nitrogens with one attached hydrogen (secondary N) is 2. The number of nitrogens with zero attached hydrogens (tertiary/aromatic N) is 6. The zero-order valence-electron chi connectivity index (χ0n) is 23.1. The standard InChI is InChI=1S/C29H34N8O3/c1-5-28(38)32-23-17-24(27(40-4)18-26(23)37-12-10-36(11-13-37)14-15-39-3)34-29-30-9-8-22(33-29)20-6-7-25-21(16-20)19-31-35(25)2/h5-9,16-19H,1,10-15H2,2-4H3,(H,32,38)(H,30,33,34). The van der Waals surface area contributed by atoms with Gasteiger partial charge in [0.2, 0.25) is 11.9 Å². The molecule has 208 valence electrons. The SMILES string of the molecule is C=CC(=O)Nc1cc(Nc2nccc(-c3ccc4c(cnn4C)c3)n2)c(OC)cc1N1CCN(CCOC)CC1. The lowest BCUT2D eigenvalue weighted by atomic mass is 10.1. The van der Waals surface area contributed by atoms with Crippen LogP contribution >= 0.6 is 0 Å². The first-order valence-corrected chi connectivity index (χ1v) is 13.1. The quantitative estimate of drug-likeness (QED) is 0.290. The van der Waals surface area contributed by atoms with E-state index in [0.29, 0.717) is 29.7 Å². The number of methoxy groups -OCH3 is 2. The average molecular weight is 543 g/mol. The summed E-state index contributed by atoms with van der Waals surface area (Å²) in [6.07, 6.45) is 4.81. The fourth-order valence-corrected chi connectivity index (χ4v) is 4.84. The lowest BCUT2D eigenvalue weighted by molar-refractivity contribution is -0.111. The van der Waals surface area contributed by atoms with Gasteiger partial charge >= 0.3 is 0 Å². The average Bonchev–Trinajstić information content (AvgIpc) is 3.36. The van der Waals surface area contributed by atoms with E-state index in [1.54, 1.807) is 20.4 Å². The molecule has 1 aliphatic heterocycles. The van der Waals surface area contributed by atoms with E-state index < -0.39 is 0 Å². The first-order chi connectivity index (χ1) is 19.5. The van der Waals surface area contributed by atoms with Crippen LogP contribution in [0.15, 0.2) is 61.4 Å². The highest BCUT2D eigenvalue weighted by Gasteiger charge is 2.22. The summed E-state index contributed by atoms with van der Waals surface area (Å²) in [4.78, 5) is 26.1. The molecule has 0 saturated carbocycles. The number of fused-ring (bicyclic) bond motifs is 1. The third kappa shape index (κ3) is 5.90. The number of hydrogen-bond acceptors (Lipinski definition) is 9. The van der Waals surface area contributed by atoms with Crippen LogP contribution in [0.3, 0.4) is 0 Å². The van der Waals surface area contributed by atoms with E-state index in [1.165, 1.54) is 6.08 Å². The number of rotatable bonds is 10. The maximum absolute atomic E-state index is 12.4. The molecule has 5 rings (SSSR count). The van der Waals surface area contributed by atoms with Gasteiger partial charge in [-0.05, 0) is 30.3 Å². The van der Waals surface area contributed by atoms with E-state index in [1.807, 2.05) is 48.3 Å². The summed E-state index contributed by atoms with van der Waals surface area (Å²) < 4.78 is 12.8. The van der Waals surface area contributed by atoms with Gasteiger partial charge in [0, 0.05) is 70.1 Å². The minimum atomic E-state index is -0.292. The van der Waals surface area contributed by atoms with Crippen LogP contribution in [0.4, 0.5) is 23.0 Å². The maximum atomic E-state index is 12.4. The molecule has 0 spiro atoms. The van der Waals surface area contributed by atoms with Crippen molar-refractivity contribution in [1.82, 2.24) is 24.6 Å². The van der Waals surface area contributed by atoms with Crippen molar-refractivity contribution < 1.29 is 14.3 Å². The number of aryl methyl sites for hydroxylation is 1. The molecule has 2 aromatic heterocycles. The van der Waals surface area contributed by atoms with Crippen LogP contribution in [0.2, 0.25) is 0 Å². The van der Waals surface area contributed by atoms with Crippen LogP contribution in [0.5, 0.6) is 5.75 Å². The Morgan fingerprint density at radius 3 is 2.67 bits per heavy atom. The number of carbonyl (C=O) groups excluding carboxylic acids is 1. The van der Waals surface area contributed by atoms with E-state index in [4.69, 9.17) is 14.5 Å². The highest BCUT2D eigenvalue weighted by molar-refractivity contribution is 6.02. The predicted octanol–water partition coefficient (Wildman–Crippen LogP) is 3.68. The Morgan fingerprint density at radius 1 is 1.10 bits per heavy atom. The van der Waals surface area contributed by atoms with Crippen LogP contribution in [-0.4, -0.2) is 84.1 Å². The molecule has 0 atom stereocenters. The molecule has 2 aromatic carbocycles. The summed E-state index contributed by atoms with van der Waals surface area (Å²) in [5.74, 6) is 0.724. The van der Waals surface area contributed by atoms with Crippen LogP contribution in [0.1, 0.15) is 0 Å². The number of hydrogen-bond donors (Lipinski definition) is 2. The molecule has 0 unspecified atom stereocenters. The van der Waals surface area contributed by atoms with Gasteiger partial charge < -0.3 is 25.0 Å². The van der Waals surface area contributed by atoms with Crippen molar-refractivity contribution in [2.45, 2.75) is 0 Å². The third-order valence-electron chi connectivity index (χ3n) is 7.03. The van der Waals surface area contributed by atoms with Crippen LogP contribution in [0.25, 0.3) is 22.2 Å². The van der Waals surface area contributed by atoms with E-state index >= 15 is 0 Å². The normalized spacial score (nSPS) is 13.8. The van der Waals surface area contributed by atoms with Gasteiger partial charge in [-0.15, -0.1) is 0 Å². The molecule has 1 fully saturated rings. The topological polar surface area (TPSA) is 110 Å². The Balaban J connectivity index is 1.42. The lowest BCUT2D eigenvalue weighted by Gasteiger charge is -2.37. The second kappa shape index (κ2) is 12.1. The largest absolute Gasteiger partial charge is 0.494 e. The number of ether oxygens (including phenoxy) is 2. The lowest BCUT2D eigenvalue weighted by Crippen LogP contribution is -2.47. The summed E-state index contributed by atoms with van der Waals surface area (Å²) in [6.45, 7) is 8.62. The molecule has 0 radical (unpaired) electrons. The Bertz CT molecular complexity index is 1510. The van der Waals surface area contributed by atoms with Gasteiger partial charge in [0.15, 0.2) is 0 Å². The van der Waals surface area contributed by atoms with E-state index in [-0.39, 0.29) is 5.91 Å². The van der Waals surface area contributed by atoms with E-state index in [9.17, 15) is 4.79 Å². The number of benzene rings is 2. The number of carbonyl (C=O) groups is 1.